The van der Waals surface area contributed by atoms with Crippen LogP contribution in [0.1, 0.15) is 17.7 Å². The van der Waals surface area contributed by atoms with Crippen molar-refractivity contribution in [1.82, 2.24) is 10.2 Å². The molecule has 0 bridgehead atoms. The minimum atomic E-state index is -4.10. The van der Waals surface area contributed by atoms with Gasteiger partial charge in [0.2, 0.25) is 0 Å². The van der Waals surface area contributed by atoms with Crippen molar-refractivity contribution in [3.8, 4) is 0 Å². The smallest absolute Gasteiger partial charge is 0.371 e. The molecule has 84 valence electrons. The Hall–Kier alpha value is -1.20. The summed E-state index contributed by atoms with van der Waals surface area (Å²) in [6.45, 7) is 0. The van der Waals surface area contributed by atoms with Crippen LogP contribution in [0.5, 0.6) is 0 Å². The van der Waals surface area contributed by atoms with Crippen molar-refractivity contribution >= 4 is 5.82 Å². The van der Waals surface area contributed by atoms with E-state index in [-0.39, 0.29) is 12.8 Å². The normalized spacial score (nSPS) is 21.2. The van der Waals surface area contributed by atoms with Crippen LogP contribution in [-0.2, 0) is 12.8 Å². The highest BCUT2D eigenvalue weighted by atomic mass is 19.4. The molecule has 1 aromatic heterocycles. The molecule has 0 spiro atoms. The number of nitrogens with zero attached hydrogens (tertiary/aromatic N) is 1. The highest BCUT2D eigenvalue weighted by molar-refractivity contribution is 5.47. The molecule has 1 aliphatic carbocycles. The lowest BCUT2D eigenvalue weighted by Crippen LogP contribution is -2.28. The van der Waals surface area contributed by atoms with Gasteiger partial charge in [-0.3, -0.25) is 5.10 Å². The average Bonchev–Trinajstić information content (AvgIpc) is 2.57. The fourth-order valence-corrected chi connectivity index (χ4v) is 1.98. The zero-order valence-corrected chi connectivity index (χ0v) is 8.28. The van der Waals surface area contributed by atoms with E-state index in [1.54, 1.807) is 7.05 Å². The first-order valence-electron chi connectivity index (χ1n) is 4.83. The van der Waals surface area contributed by atoms with E-state index in [1.165, 1.54) is 0 Å². The van der Waals surface area contributed by atoms with Gasteiger partial charge in [-0.25, -0.2) is 0 Å². The summed E-state index contributed by atoms with van der Waals surface area (Å²) in [5.74, 6) is -0.686. The number of anilines is 1. The quantitative estimate of drug-likeness (QED) is 0.759. The van der Waals surface area contributed by atoms with Gasteiger partial charge in [0.25, 0.3) is 0 Å². The van der Waals surface area contributed by atoms with Gasteiger partial charge in [0.15, 0.2) is 5.82 Å². The van der Waals surface area contributed by atoms with Gasteiger partial charge in [-0.05, 0) is 19.3 Å². The third-order valence-electron chi connectivity index (χ3n) is 2.85. The topological polar surface area (TPSA) is 40.7 Å². The van der Waals surface area contributed by atoms with Gasteiger partial charge in [0.05, 0.1) is 5.92 Å². The molecule has 1 aromatic rings. The Morgan fingerprint density at radius 1 is 1.47 bits per heavy atom. The monoisotopic (exact) mass is 219 g/mol. The van der Waals surface area contributed by atoms with Crippen molar-refractivity contribution < 1.29 is 13.2 Å². The Bertz CT molecular complexity index is 342. The van der Waals surface area contributed by atoms with E-state index in [2.05, 4.69) is 15.5 Å². The minimum absolute atomic E-state index is 0.0332. The largest absolute Gasteiger partial charge is 0.392 e. The van der Waals surface area contributed by atoms with Crippen LogP contribution >= 0.6 is 0 Å². The van der Waals surface area contributed by atoms with Gasteiger partial charge in [-0.15, -0.1) is 0 Å². The molecule has 0 saturated carbocycles. The Morgan fingerprint density at radius 3 is 2.80 bits per heavy atom. The third-order valence-corrected chi connectivity index (χ3v) is 2.85. The number of hydrogen-bond donors (Lipinski definition) is 2. The molecule has 1 heterocycles. The number of H-pyrrole nitrogens is 1. The Balaban J connectivity index is 2.25. The lowest BCUT2D eigenvalue weighted by molar-refractivity contribution is -0.177. The maximum atomic E-state index is 12.5. The van der Waals surface area contributed by atoms with Gasteiger partial charge >= 0.3 is 6.18 Å². The molecule has 0 radical (unpaired) electrons. The molecule has 3 nitrogen and oxygen atoms in total. The summed E-state index contributed by atoms with van der Waals surface area (Å²) in [4.78, 5) is 0. The summed E-state index contributed by atoms with van der Waals surface area (Å²) in [6.07, 6.45) is -3.48. The molecule has 2 N–H and O–H groups in total. The molecule has 1 aliphatic rings. The van der Waals surface area contributed by atoms with E-state index in [1.807, 2.05) is 0 Å². The molecular formula is C9H12F3N3. The number of nitrogens with one attached hydrogen (secondary N) is 2. The van der Waals surface area contributed by atoms with E-state index < -0.39 is 12.1 Å². The molecule has 2 rings (SSSR count). The van der Waals surface area contributed by atoms with Crippen LogP contribution in [0.3, 0.4) is 0 Å². The number of aryl methyl sites for hydroxylation is 1. The fraction of sp³-hybridized carbons (Fsp3) is 0.667. The Kier molecular flexibility index (Phi) is 2.36. The van der Waals surface area contributed by atoms with E-state index in [4.69, 9.17) is 0 Å². The van der Waals surface area contributed by atoms with Gasteiger partial charge in [-0.2, -0.15) is 18.3 Å². The Labute approximate surface area is 85.1 Å². The van der Waals surface area contributed by atoms with Crippen LogP contribution in [0.2, 0.25) is 0 Å². The van der Waals surface area contributed by atoms with Crippen LogP contribution in [0.25, 0.3) is 0 Å². The van der Waals surface area contributed by atoms with Gasteiger partial charge < -0.3 is 5.32 Å². The summed E-state index contributed by atoms with van der Waals surface area (Å²) in [5, 5.41) is 9.50. The summed E-state index contributed by atoms with van der Waals surface area (Å²) in [7, 11) is 1.66. The molecule has 0 aliphatic heterocycles. The first-order chi connectivity index (χ1) is 7.02. The molecule has 15 heavy (non-hydrogen) atoms. The predicted molar refractivity (Wildman–Crippen MR) is 49.7 cm³/mol. The van der Waals surface area contributed by atoms with Crippen molar-refractivity contribution in [2.75, 3.05) is 12.4 Å². The third kappa shape index (κ3) is 1.80. The molecule has 0 amide bonds. The van der Waals surface area contributed by atoms with Crippen LogP contribution < -0.4 is 5.32 Å². The molecular weight excluding hydrogens is 207 g/mol. The summed E-state index contributed by atoms with van der Waals surface area (Å²) < 4.78 is 37.6. The lowest BCUT2D eigenvalue weighted by atomic mass is 9.87. The second kappa shape index (κ2) is 3.43. The van der Waals surface area contributed by atoms with Crippen LogP contribution in [0, 0.1) is 5.92 Å². The van der Waals surface area contributed by atoms with Crippen LogP contribution in [0.4, 0.5) is 19.0 Å². The number of fused-ring (bicyclic) bond motifs is 1. The maximum Gasteiger partial charge on any atom is 0.392 e. The number of halogens is 3. The molecule has 0 fully saturated rings. The Morgan fingerprint density at radius 2 is 2.20 bits per heavy atom. The first-order valence-corrected chi connectivity index (χ1v) is 4.83. The summed E-state index contributed by atoms with van der Waals surface area (Å²) >= 11 is 0. The highest BCUT2D eigenvalue weighted by Crippen LogP contribution is 2.38. The highest BCUT2D eigenvalue weighted by Gasteiger charge is 2.42. The van der Waals surface area contributed by atoms with Crippen LogP contribution in [-0.4, -0.2) is 23.4 Å². The number of aromatic amines is 1. The second-order valence-corrected chi connectivity index (χ2v) is 3.76. The molecule has 6 heteroatoms. The second-order valence-electron chi connectivity index (χ2n) is 3.76. The van der Waals surface area contributed by atoms with E-state index in [9.17, 15) is 13.2 Å². The molecule has 0 saturated heterocycles. The van der Waals surface area contributed by atoms with Crippen molar-refractivity contribution in [3.05, 3.63) is 11.3 Å². The van der Waals surface area contributed by atoms with Gasteiger partial charge in [0, 0.05) is 18.3 Å². The summed E-state index contributed by atoms with van der Waals surface area (Å²) in [6, 6.07) is 0. The van der Waals surface area contributed by atoms with Crippen molar-refractivity contribution in [3.63, 3.8) is 0 Å². The molecule has 1 unspecified atom stereocenters. The standard InChI is InChI=1S/C9H12F3N3/c1-13-8-6-4-5(9(10,11)12)2-3-7(6)14-15-8/h5H,2-4H2,1H3,(H2,13,14,15). The van der Waals surface area contributed by atoms with E-state index in [0.717, 1.165) is 5.69 Å². The SMILES string of the molecule is CNc1n[nH]c2c1CC(C(F)(F)F)CC2. The number of alkyl halides is 3. The van der Waals surface area contributed by atoms with Crippen molar-refractivity contribution in [2.45, 2.75) is 25.4 Å². The van der Waals surface area contributed by atoms with Crippen molar-refractivity contribution in [2.24, 2.45) is 5.92 Å². The first kappa shape index (κ1) is 10.3. The molecule has 1 atom stereocenters. The zero-order valence-electron chi connectivity index (χ0n) is 8.28. The van der Waals surface area contributed by atoms with Gasteiger partial charge in [0.1, 0.15) is 0 Å². The van der Waals surface area contributed by atoms with Crippen LogP contribution in [0.15, 0.2) is 0 Å². The number of rotatable bonds is 1. The van der Waals surface area contributed by atoms with Gasteiger partial charge in [-0.1, -0.05) is 0 Å². The number of aromatic nitrogens is 2. The van der Waals surface area contributed by atoms with E-state index in [0.29, 0.717) is 17.8 Å². The van der Waals surface area contributed by atoms with E-state index >= 15 is 0 Å². The minimum Gasteiger partial charge on any atom is -0.371 e. The van der Waals surface area contributed by atoms with Crippen molar-refractivity contribution in [1.29, 1.82) is 0 Å². The maximum absolute atomic E-state index is 12.5. The lowest BCUT2D eigenvalue weighted by Gasteiger charge is -2.24. The molecule has 0 aromatic carbocycles. The average molecular weight is 219 g/mol. The fourth-order valence-electron chi connectivity index (χ4n) is 1.98. The summed E-state index contributed by atoms with van der Waals surface area (Å²) in [5.41, 5.74) is 1.52. The zero-order chi connectivity index (χ0) is 11.1. The number of hydrogen-bond acceptors (Lipinski definition) is 2. The predicted octanol–water partition coefficient (Wildman–Crippen LogP) is 2.12.